The molecule has 0 atom stereocenters. The molecule has 7 nitrogen and oxygen atoms in total. The summed E-state index contributed by atoms with van der Waals surface area (Å²) in [5, 5.41) is 6.52. The number of ether oxygens (including phenoxy) is 2. The maximum atomic E-state index is 13.2. The van der Waals surface area contributed by atoms with E-state index < -0.39 is 5.92 Å². The Morgan fingerprint density at radius 1 is 1.25 bits per heavy atom. The summed E-state index contributed by atoms with van der Waals surface area (Å²) in [6, 6.07) is 5.38. The Labute approximate surface area is 159 Å². The molecule has 9 heteroatoms. The molecule has 1 aromatic heterocycles. The number of alkyl halides is 2. The van der Waals surface area contributed by atoms with Gasteiger partial charge in [-0.05, 0) is 36.6 Å². The van der Waals surface area contributed by atoms with Gasteiger partial charge in [-0.2, -0.15) is 4.98 Å². The third-order valence-electron chi connectivity index (χ3n) is 4.80. The Morgan fingerprint density at radius 2 is 2.04 bits per heavy atom. The number of benzene rings is 1. The van der Waals surface area contributed by atoms with E-state index in [0.29, 0.717) is 30.2 Å². The highest BCUT2D eigenvalue weighted by atomic mass is 19.3. The van der Waals surface area contributed by atoms with E-state index in [2.05, 4.69) is 15.5 Å². The Hall–Kier alpha value is -2.97. The lowest BCUT2D eigenvalue weighted by molar-refractivity contribution is -0.116. The predicted octanol–water partition coefficient (Wildman–Crippen LogP) is 3.42. The zero-order valence-corrected chi connectivity index (χ0v) is 15.0. The number of fused-ring (bicyclic) bond motifs is 1. The lowest BCUT2D eigenvalue weighted by atomic mass is 9.86. The van der Waals surface area contributed by atoms with Gasteiger partial charge in [-0.1, -0.05) is 11.2 Å². The molecule has 0 bridgehead atoms. The van der Waals surface area contributed by atoms with Gasteiger partial charge < -0.3 is 19.3 Å². The van der Waals surface area contributed by atoms with E-state index in [1.807, 2.05) is 6.07 Å². The minimum Gasteiger partial charge on any atom is -0.454 e. The summed E-state index contributed by atoms with van der Waals surface area (Å²) in [5.41, 5.74) is 0.800. The zero-order chi connectivity index (χ0) is 19.6. The van der Waals surface area contributed by atoms with E-state index in [1.54, 1.807) is 18.2 Å². The molecule has 1 aliphatic carbocycles. The molecule has 2 aromatic rings. The SMILES string of the molecule is O=C(C=Cc1ccc2c(c1)OCO2)NCc1nc(C2CCC(F)(F)CC2)no1. The molecule has 0 radical (unpaired) electrons. The van der Waals surface area contributed by atoms with Crippen molar-refractivity contribution >= 4 is 12.0 Å². The van der Waals surface area contributed by atoms with Crippen LogP contribution in [0.2, 0.25) is 0 Å². The molecule has 1 N–H and O–H groups in total. The van der Waals surface area contributed by atoms with Crippen molar-refractivity contribution in [3.05, 3.63) is 41.6 Å². The number of nitrogens with zero attached hydrogens (tertiary/aromatic N) is 2. The molecule has 1 amide bonds. The fourth-order valence-corrected chi connectivity index (χ4v) is 3.21. The first kappa shape index (κ1) is 18.4. The van der Waals surface area contributed by atoms with Crippen LogP contribution in [0.5, 0.6) is 11.5 Å². The van der Waals surface area contributed by atoms with Crippen molar-refractivity contribution in [3.8, 4) is 11.5 Å². The smallest absolute Gasteiger partial charge is 0.248 e. The second-order valence-electron chi connectivity index (χ2n) is 6.84. The summed E-state index contributed by atoms with van der Waals surface area (Å²) in [5.74, 6) is -1.06. The number of hydrogen-bond acceptors (Lipinski definition) is 6. The van der Waals surface area contributed by atoms with Crippen molar-refractivity contribution in [2.24, 2.45) is 0 Å². The van der Waals surface area contributed by atoms with Gasteiger partial charge in [0.05, 0.1) is 6.54 Å². The quantitative estimate of drug-likeness (QED) is 0.786. The first-order valence-electron chi connectivity index (χ1n) is 9.04. The fourth-order valence-electron chi connectivity index (χ4n) is 3.21. The molecular weight excluding hydrogens is 372 g/mol. The monoisotopic (exact) mass is 391 g/mol. The first-order valence-corrected chi connectivity index (χ1v) is 9.04. The summed E-state index contributed by atoms with van der Waals surface area (Å²) in [7, 11) is 0. The fraction of sp³-hybridized carbons (Fsp3) is 0.421. The normalized spacial score (nSPS) is 18.5. The molecule has 1 aromatic carbocycles. The maximum Gasteiger partial charge on any atom is 0.248 e. The lowest BCUT2D eigenvalue weighted by Gasteiger charge is -2.26. The van der Waals surface area contributed by atoms with Crippen LogP contribution in [0.4, 0.5) is 8.78 Å². The van der Waals surface area contributed by atoms with Crippen molar-refractivity contribution in [1.82, 2.24) is 15.5 Å². The Balaban J connectivity index is 1.28. The van der Waals surface area contributed by atoms with Gasteiger partial charge in [0.15, 0.2) is 17.3 Å². The highest BCUT2D eigenvalue weighted by molar-refractivity contribution is 5.91. The second kappa shape index (κ2) is 7.57. The number of amides is 1. The van der Waals surface area contributed by atoms with Gasteiger partial charge in [-0.3, -0.25) is 4.79 Å². The van der Waals surface area contributed by atoms with Gasteiger partial charge >= 0.3 is 0 Å². The van der Waals surface area contributed by atoms with Crippen molar-refractivity contribution in [2.75, 3.05) is 6.79 Å². The number of halogens is 2. The predicted molar refractivity (Wildman–Crippen MR) is 93.9 cm³/mol. The summed E-state index contributed by atoms with van der Waals surface area (Å²) in [6.45, 7) is 0.263. The first-order chi connectivity index (χ1) is 13.5. The summed E-state index contributed by atoms with van der Waals surface area (Å²) in [4.78, 5) is 16.2. The highest BCUT2D eigenvalue weighted by Crippen LogP contribution is 2.39. The number of carbonyl (C=O) groups is 1. The maximum absolute atomic E-state index is 13.2. The third kappa shape index (κ3) is 4.29. The molecule has 4 rings (SSSR count). The van der Waals surface area contributed by atoms with Gasteiger partial charge in [0.2, 0.25) is 24.5 Å². The standard InChI is InChI=1S/C19H19F2N3O4/c20-19(21)7-5-13(6-8-19)18-23-17(28-24-18)10-22-16(25)4-2-12-1-3-14-15(9-12)27-11-26-14/h1-4,9,13H,5-8,10-11H2,(H,22,25). The zero-order valence-electron chi connectivity index (χ0n) is 15.0. The van der Waals surface area contributed by atoms with E-state index in [4.69, 9.17) is 14.0 Å². The highest BCUT2D eigenvalue weighted by Gasteiger charge is 2.36. The molecule has 0 unspecified atom stereocenters. The van der Waals surface area contributed by atoms with Gasteiger partial charge in [0.25, 0.3) is 0 Å². The molecule has 2 heterocycles. The summed E-state index contributed by atoms with van der Waals surface area (Å²) < 4.78 is 42.1. The number of nitrogens with one attached hydrogen (secondary N) is 1. The van der Waals surface area contributed by atoms with Crippen LogP contribution in [0.3, 0.4) is 0 Å². The van der Waals surface area contributed by atoms with Crippen LogP contribution in [-0.4, -0.2) is 28.8 Å². The molecule has 0 spiro atoms. The molecule has 1 fully saturated rings. The lowest BCUT2D eigenvalue weighted by Crippen LogP contribution is -2.24. The van der Waals surface area contributed by atoms with Crippen LogP contribution in [0.15, 0.2) is 28.8 Å². The van der Waals surface area contributed by atoms with Gasteiger partial charge in [0.1, 0.15) is 0 Å². The van der Waals surface area contributed by atoms with E-state index in [-0.39, 0.29) is 43.9 Å². The minimum atomic E-state index is -2.60. The Kier molecular flexibility index (Phi) is 4.97. The van der Waals surface area contributed by atoms with Gasteiger partial charge in [-0.25, -0.2) is 8.78 Å². The van der Waals surface area contributed by atoms with E-state index in [1.165, 1.54) is 6.08 Å². The second-order valence-corrected chi connectivity index (χ2v) is 6.84. The molecule has 1 saturated carbocycles. The van der Waals surface area contributed by atoms with Crippen molar-refractivity contribution in [2.45, 2.75) is 44.1 Å². The number of hydrogen-bond donors (Lipinski definition) is 1. The Morgan fingerprint density at radius 3 is 2.86 bits per heavy atom. The van der Waals surface area contributed by atoms with Crippen molar-refractivity contribution in [1.29, 1.82) is 0 Å². The molecular formula is C19H19F2N3O4. The van der Waals surface area contributed by atoms with Gasteiger partial charge in [0, 0.05) is 24.8 Å². The largest absolute Gasteiger partial charge is 0.454 e. The van der Waals surface area contributed by atoms with Crippen molar-refractivity contribution < 1.29 is 27.6 Å². The minimum absolute atomic E-state index is 0.0696. The van der Waals surface area contributed by atoms with Crippen molar-refractivity contribution in [3.63, 3.8) is 0 Å². The van der Waals surface area contributed by atoms with Crippen LogP contribution >= 0.6 is 0 Å². The van der Waals surface area contributed by atoms with Crippen LogP contribution in [0, 0.1) is 0 Å². The van der Waals surface area contributed by atoms with Gasteiger partial charge in [-0.15, -0.1) is 0 Å². The van der Waals surface area contributed by atoms with Crippen LogP contribution in [0.25, 0.3) is 6.08 Å². The average Bonchev–Trinajstić information content (AvgIpc) is 3.33. The molecule has 2 aliphatic rings. The summed E-state index contributed by atoms with van der Waals surface area (Å²) in [6.07, 6.45) is 3.37. The number of rotatable bonds is 5. The Bertz CT molecular complexity index is 887. The molecule has 28 heavy (non-hydrogen) atoms. The van der Waals surface area contributed by atoms with Crippen LogP contribution < -0.4 is 14.8 Å². The molecule has 148 valence electrons. The van der Waals surface area contributed by atoms with Crippen LogP contribution in [-0.2, 0) is 11.3 Å². The number of aromatic nitrogens is 2. The number of carbonyl (C=O) groups excluding carboxylic acids is 1. The third-order valence-corrected chi connectivity index (χ3v) is 4.80. The molecule has 0 saturated heterocycles. The van der Waals surface area contributed by atoms with E-state index >= 15 is 0 Å². The topological polar surface area (TPSA) is 86.5 Å². The summed E-state index contributed by atoms with van der Waals surface area (Å²) >= 11 is 0. The average molecular weight is 391 g/mol. The van der Waals surface area contributed by atoms with Crippen LogP contribution in [0.1, 0.15) is 48.9 Å². The molecule has 1 aliphatic heterocycles. The van der Waals surface area contributed by atoms with E-state index in [0.717, 1.165) is 5.56 Å². The van der Waals surface area contributed by atoms with E-state index in [9.17, 15) is 13.6 Å².